The maximum absolute atomic E-state index is 11.8. The molecule has 0 aliphatic carbocycles. The largest absolute Gasteiger partial charge is 0.379 e. The molecule has 5 nitrogen and oxygen atoms in total. The fourth-order valence-electron chi connectivity index (χ4n) is 1.77. The summed E-state index contributed by atoms with van der Waals surface area (Å²) in [6.45, 7) is 5.43. The van der Waals surface area contributed by atoms with Gasteiger partial charge in [0.2, 0.25) is 5.95 Å². The van der Waals surface area contributed by atoms with E-state index in [1.165, 1.54) is 0 Å². The zero-order chi connectivity index (χ0) is 13.7. The summed E-state index contributed by atoms with van der Waals surface area (Å²) in [5.41, 5.74) is 0.582. The van der Waals surface area contributed by atoms with Crippen LogP contribution in [0.2, 0.25) is 0 Å². The van der Waals surface area contributed by atoms with Crippen LogP contribution in [0.5, 0.6) is 0 Å². The van der Waals surface area contributed by atoms with E-state index in [0.717, 1.165) is 6.42 Å². The van der Waals surface area contributed by atoms with Gasteiger partial charge in [-0.2, -0.15) is 0 Å². The fraction of sp³-hybridized carbons (Fsp3) is 0.429. The lowest BCUT2D eigenvalue weighted by Gasteiger charge is -2.08. The number of fused-ring (bicyclic) bond motifs is 1. The van der Waals surface area contributed by atoms with E-state index >= 15 is 0 Å². The van der Waals surface area contributed by atoms with Gasteiger partial charge in [0.15, 0.2) is 0 Å². The summed E-state index contributed by atoms with van der Waals surface area (Å²) >= 11 is 0. The van der Waals surface area contributed by atoms with Crippen LogP contribution in [0.15, 0.2) is 29.1 Å². The Hall–Kier alpha value is -1.88. The van der Waals surface area contributed by atoms with E-state index in [4.69, 9.17) is 4.74 Å². The van der Waals surface area contributed by atoms with Gasteiger partial charge in [-0.3, -0.25) is 9.78 Å². The highest BCUT2D eigenvalue weighted by Crippen LogP contribution is 2.07. The molecule has 0 bridgehead atoms. The van der Waals surface area contributed by atoms with E-state index in [1.807, 2.05) is 32.0 Å². The first-order valence-corrected chi connectivity index (χ1v) is 6.51. The summed E-state index contributed by atoms with van der Waals surface area (Å²) in [6, 6.07) is 7.30. The molecule has 1 aromatic heterocycles. The number of rotatable bonds is 6. The van der Waals surface area contributed by atoms with Crippen LogP contribution in [0, 0.1) is 0 Å². The third-order valence-corrected chi connectivity index (χ3v) is 2.68. The van der Waals surface area contributed by atoms with Gasteiger partial charge in [0, 0.05) is 13.2 Å². The van der Waals surface area contributed by atoms with Gasteiger partial charge in [-0.05, 0) is 32.4 Å². The molecule has 102 valence electrons. The number of nitrogens with zero attached hydrogens (tertiary/aromatic N) is 1. The molecule has 0 spiro atoms. The molecule has 5 heteroatoms. The Labute approximate surface area is 112 Å². The second kappa shape index (κ2) is 6.33. The summed E-state index contributed by atoms with van der Waals surface area (Å²) < 4.78 is 5.44. The monoisotopic (exact) mass is 261 g/mol. The normalized spacial score (nSPS) is 11.1. The zero-order valence-corrected chi connectivity index (χ0v) is 11.3. The first-order chi connectivity index (χ1) is 9.16. The standard InChI is InChI=1S/C14H19N3O2/c1-10(2)19-9-5-8-15-14-16-12-7-4-3-6-11(12)13(18)17-14/h3-4,6-7,10H,5,8-9H2,1-2H3,(H2,15,16,17,18). The minimum Gasteiger partial charge on any atom is -0.379 e. The minimum atomic E-state index is -0.119. The van der Waals surface area contributed by atoms with Crippen LogP contribution in [0.25, 0.3) is 10.9 Å². The molecule has 1 aromatic carbocycles. The Kier molecular flexibility index (Phi) is 4.52. The maximum Gasteiger partial charge on any atom is 0.260 e. The maximum atomic E-state index is 11.8. The van der Waals surface area contributed by atoms with E-state index in [2.05, 4.69) is 15.3 Å². The number of hydrogen-bond donors (Lipinski definition) is 2. The molecule has 0 aliphatic rings. The van der Waals surface area contributed by atoms with Gasteiger partial charge in [0.05, 0.1) is 17.0 Å². The number of benzene rings is 1. The Morgan fingerprint density at radius 1 is 1.37 bits per heavy atom. The van der Waals surface area contributed by atoms with Crippen molar-refractivity contribution in [3.63, 3.8) is 0 Å². The fourth-order valence-corrected chi connectivity index (χ4v) is 1.77. The Morgan fingerprint density at radius 3 is 2.95 bits per heavy atom. The molecule has 0 amide bonds. The number of nitrogens with one attached hydrogen (secondary N) is 2. The van der Waals surface area contributed by atoms with Gasteiger partial charge >= 0.3 is 0 Å². The quantitative estimate of drug-likeness (QED) is 0.782. The van der Waals surface area contributed by atoms with Crippen molar-refractivity contribution in [3.8, 4) is 0 Å². The van der Waals surface area contributed by atoms with E-state index < -0.39 is 0 Å². The lowest BCUT2D eigenvalue weighted by atomic mass is 10.2. The van der Waals surface area contributed by atoms with E-state index in [-0.39, 0.29) is 11.7 Å². The number of anilines is 1. The minimum absolute atomic E-state index is 0.119. The number of para-hydroxylation sites is 1. The van der Waals surface area contributed by atoms with Gasteiger partial charge < -0.3 is 10.1 Å². The molecule has 0 saturated carbocycles. The number of aromatic nitrogens is 2. The van der Waals surface area contributed by atoms with Crippen molar-refractivity contribution in [2.24, 2.45) is 0 Å². The predicted octanol–water partition coefficient (Wildman–Crippen LogP) is 2.15. The van der Waals surface area contributed by atoms with Crippen molar-refractivity contribution in [2.75, 3.05) is 18.5 Å². The molecule has 0 radical (unpaired) electrons. The van der Waals surface area contributed by atoms with E-state index in [1.54, 1.807) is 6.07 Å². The zero-order valence-electron chi connectivity index (χ0n) is 11.3. The van der Waals surface area contributed by atoms with Crippen molar-refractivity contribution in [3.05, 3.63) is 34.6 Å². The molecule has 2 rings (SSSR count). The molecule has 19 heavy (non-hydrogen) atoms. The van der Waals surface area contributed by atoms with E-state index in [0.29, 0.717) is 30.0 Å². The first kappa shape index (κ1) is 13.5. The summed E-state index contributed by atoms with van der Waals surface area (Å²) in [5.74, 6) is 0.508. The molecule has 2 aromatic rings. The average molecular weight is 261 g/mol. The highest BCUT2D eigenvalue weighted by Gasteiger charge is 2.02. The summed E-state index contributed by atoms with van der Waals surface area (Å²) in [4.78, 5) is 18.9. The number of H-pyrrole nitrogens is 1. The molecule has 0 unspecified atom stereocenters. The third-order valence-electron chi connectivity index (χ3n) is 2.68. The lowest BCUT2D eigenvalue weighted by molar-refractivity contribution is 0.0787. The van der Waals surface area contributed by atoms with Crippen LogP contribution in [0.1, 0.15) is 20.3 Å². The smallest absolute Gasteiger partial charge is 0.260 e. The van der Waals surface area contributed by atoms with Crippen molar-refractivity contribution >= 4 is 16.9 Å². The van der Waals surface area contributed by atoms with Crippen LogP contribution in [-0.2, 0) is 4.74 Å². The van der Waals surface area contributed by atoms with Crippen molar-refractivity contribution in [1.82, 2.24) is 9.97 Å². The molecule has 0 aliphatic heterocycles. The molecule has 0 fully saturated rings. The van der Waals surface area contributed by atoms with Gasteiger partial charge in [0.1, 0.15) is 0 Å². The molecule has 0 atom stereocenters. The first-order valence-electron chi connectivity index (χ1n) is 6.51. The average Bonchev–Trinajstić information content (AvgIpc) is 2.38. The van der Waals surface area contributed by atoms with Crippen LogP contribution < -0.4 is 10.9 Å². The number of ether oxygens (including phenoxy) is 1. The van der Waals surface area contributed by atoms with Crippen molar-refractivity contribution in [2.45, 2.75) is 26.4 Å². The van der Waals surface area contributed by atoms with Crippen LogP contribution >= 0.6 is 0 Å². The predicted molar refractivity (Wildman–Crippen MR) is 76.6 cm³/mol. The van der Waals surface area contributed by atoms with Crippen LogP contribution in [0.4, 0.5) is 5.95 Å². The topological polar surface area (TPSA) is 67.0 Å². The molecule has 2 N–H and O–H groups in total. The highest BCUT2D eigenvalue weighted by atomic mass is 16.5. The number of aromatic amines is 1. The second-order valence-electron chi connectivity index (χ2n) is 4.63. The van der Waals surface area contributed by atoms with Crippen molar-refractivity contribution < 1.29 is 4.74 Å². The molecule has 1 heterocycles. The highest BCUT2D eigenvalue weighted by molar-refractivity contribution is 5.78. The molecular weight excluding hydrogens is 242 g/mol. The third kappa shape index (κ3) is 3.79. The summed E-state index contributed by atoms with van der Waals surface area (Å²) in [5, 5.41) is 3.71. The van der Waals surface area contributed by atoms with Gasteiger partial charge in [-0.15, -0.1) is 0 Å². The van der Waals surface area contributed by atoms with Crippen molar-refractivity contribution in [1.29, 1.82) is 0 Å². The van der Waals surface area contributed by atoms with E-state index in [9.17, 15) is 4.79 Å². The SMILES string of the molecule is CC(C)OCCCNc1nc2ccccc2c(=O)[nH]1. The van der Waals surface area contributed by atoms with Crippen LogP contribution in [-0.4, -0.2) is 29.2 Å². The summed E-state index contributed by atoms with van der Waals surface area (Å²) in [6.07, 6.45) is 1.12. The molecule has 0 saturated heterocycles. The number of hydrogen-bond acceptors (Lipinski definition) is 4. The van der Waals surface area contributed by atoms with Gasteiger partial charge in [0.25, 0.3) is 5.56 Å². The Balaban J connectivity index is 1.96. The Bertz CT molecular complexity index is 593. The summed E-state index contributed by atoms with van der Waals surface area (Å²) in [7, 11) is 0. The molecular formula is C14H19N3O2. The van der Waals surface area contributed by atoms with Crippen LogP contribution in [0.3, 0.4) is 0 Å². The van der Waals surface area contributed by atoms with Gasteiger partial charge in [-0.25, -0.2) is 4.98 Å². The van der Waals surface area contributed by atoms with Gasteiger partial charge in [-0.1, -0.05) is 12.1 Å². The Morgan fingerprint density at radius 2 is 2.16 bits per heavy atom. The second-order valence-corrected chi connectivity index (χ2v) is 4.63. The lowest BCUT2D eigenvalue weighted by Crippen LogP contribution is -2.15.